The van der Waals surface area contributed by atoms with Gasteiger partial charge < -0.3 is 5.32 Å². The van der Waals surface area contributed by atoms with Crippen molar-refractivity contribution >= 4 is 28.4 Å². The third kappa shape index (κ3) is 4.09. The van der Waals surface area contributed by atoms with Crippen LogP contribution in [-0.4, -0.2) is 26.0 Å². The maximum atomic E-state index is 12.9. The summed E-state index contributed by atoms with van der Waals surface area (Å²) in [6.07, 6.45) is 0.0986. The lowest BCUT2D eigenvalue weighted by Gasteiger charge is -2.12. The maximum absolute atomic E-state index is 12.9. The number of nitrogens with zero attached hydrogens (tertiary/aromatic N) is 3. The van der Waals surface area contributed by atoms with E-state index in [1.165, 1.54) is 6.92 Å². The van der Waals surface area contributed by atoms with Gasteiger partial charge in [-0.05, 0) is 50.6 Å². The predicted octanol–water partition coefficient (Wildman–Crippen LogP) is 4.04. The molecule has 0 saturated carbocycles. The molecule has 2 aromatic carbocycles. The Labute approximate surface area is 185 Å². The molecule has 2 heterocycles. The largest absolute Gasteiger partial charge is 0.326 e. The van der Waals surface area contributed by atoms with Gasteiger partial charge in [0, 0.05) is 35.7 Å². The van der Waals surface area contributed by atoms with Gasteiger partial charge in [0.05, 0.1) is 11.4 Å². The molecule has 0 aliphatic heterocycles. The van der Waals surface area contributed by atoms with Gasteiger partial charge in [0.25, 0.3) is 5.56 Å². The highest BCUT2D eigenvalue weighted by atomic mass is 16.2. The van der Waals surface area contributed by atoms with Crippen LogP contribution in [0.25, 0.3) is 16.7 Å². The van der Waals surface area contributed by atoms with Crippen molar-refractivity contribution in [3.8, 4) is 5.69 Å². The van der Waals surface area contributed by atoms with Gasteiger partial charge in [-0.2, -0.15) is 5.10 Å². The Morgan fingerprint density at radius 1 is 1.00 bits per heavy atom. The number of anilines is 1. The quantitative estimate of drug-likeness (QED) is 0.470. The van der Waals surface area contributed by atoms with E-state index in [0.29, 0.717) is 16.9 Å². The minimum absolute atomic E-state index is 0.0701. The van der Waals surface area contributed by atoms with Crippen LogP contribution in [0.15, 0.2) is 65.5 Å². The minimum atomic E-state index is -0.242. The number of benzene rings is 2. The number of carbonyl (C=O) groups is 2. The summed E-state index contributed by atoms with van der Waals surface area (Å²) < 4.78 is 3.36. The van der Waals surface area contributed by atoms with Crippen LogP contribution in [-0.2, 0) is 11.3 Å². The van der Waals surface area contributed by atoms with Crippen LogP contribution < -0.4 is 10.9 Å². The third-order valence-corrected chi connectivity index (χ3v) is 5.41. The van der Waals surface area contributed by atoms with Crippen LogP contribution in [0.3, 0.4) is 0 Å². The molecule has 7 nitrogen and oxygen atoms in total. The van der Waals surface area contributed by atoms with E-state index in [1.807, 2.05) is 44.2 Å². The van der Waals surface area contributed by atoms with Crippen molar-refractivity contribution in [1.82, 2.24) is 14.3 Å². The van der Waals surface area contributed by atoms with Crippen molar-refractivity contribution in [3.05, 3.63) is 87.8 Å². The Morgan fingerprint density at radius 2 is 1.75 bits per heavy atom. The number of ketones is 1. The number of aromatic nitrogens is 3. The van der Waals surface area contributed by atoms with Gasteiger partial charge in [0.1, 0.15) is 5.65 Å². The third-order valence-electron chi connectivity index (χ3n) is 5.41. The molecule has 4 aromatic rings. The summed E-state index contributed by atoms with van der Waals surface area (Å²) in [5.74, 6) is -0.312. The van der Waals surface area contributed by atoms with Crippen LogP contribution in [0.2, 0.25) is 0 Å². The fourth-order valence-corrected chi connectivity index (χ4v) is 3.88. The van der Waals surface area contributed by atoms with Gasteiger partial charge in [0.2, 0.25) is 5.91 Å². The zero-order chi connectivity index (χ0) is 22.8. The summed E-state index contributed by atoms with van der Waals surface area (Å²) in [7, 11) is 0. The van der Waals surface area contributed by atoms with Crippen molar-refractivity contribution in [2.75, 3.05) is 5.32 Å². The van der Waals surface area contributed by atoms with Crippen molar-refractivity contribution in [2.45, 2.75) is 33.7 Å². The Kier molecular flexibility index (Phi) is 5.73. The highest BCUT2D eigenvalue weighted by molar-refractivity contribution is 5.97. The number of pyridine rings is 1. The van der Waals surface area contributed by atoms with Crippen LogP contribution in [0.1, 0.15) is 35.0 Å². The van der Waals surface area contributed by atoms with E-state index >= 15 is 0 Å². The first-order chi connectivity index (χ1) is 15.3. The Bertz CT molecular complexity index is 1380. The summed E-state index contributed by atoms with van der Waals surface area (Å²) in [6.45, 7) is 5.49. The number of hydrogen-bond acceptors (Lipinski definition) is 4. The molecule has 0 unspecified atom stereocenters. The average Bonchev–Trinajstić information content (AvgIpc) is 3.12. The normalized spacial score (nSPS) is 11.0. The fourth-order valence-electron chi connectivity index (χ4n) is 3.88. The highest BCUT2D eigenvalue weighted by Crippen LogP contribution is 2.24. The van der Waals surface area contributed by atoms with Crippen LogP contribution in [0.4, 0.5) is 5.69 Å². The second-order valence-corrected chi connectivity index (χ2v) is 7.78. The zero-order valence-corrected chi connectivity index (χ0v) is 18.3. The second-order valence-electron chi connectivity index (χ2n) is 7.78. The highest BCUT2D eigenvalue weighted by Gasteiger charge is 2.17. The summed E-state index contributed by atoms with van der Waals surface area (Å²) >= 11 is 0. The van der Waals surface area contributed by atoms with E-state index in [4.69, 9.17) is 0 Å². The molecule has 0 saturated heterocycles. The Hall–Kier alpha value is -4.00. The second kappa shape index (κ2) is 8.63. The first-order valence-corrected chi connectivity index (χ1v) is 10.4. The fraction of sp³-hybridized carbons (Fsp3) is 0.200. The van der Waals surface area contributed by atoms with E-state index in [9.17, 15) is 14.4 Å². The number of para-hydroxylation sites is 1. The van der Waals surface area contributed by atoms with Gasteiger partial charge in [0.15, 0.2) is 5.78 Å². The van der Waals surface area contributed by atoms with Crippen molar-refractivity contribution in [2.24, 2.45) is 0 Å². The van der Waals surface area contributed by atoms with Gasteiger partial charge in [-0.25, -0.2) is 4.68 Å². The molecule has 0 aliphatic rings. The molecule has 2 aromatic heterocycles. The molecule has 0 atom stereocenters. The summed E-state index contributed by atoms with van der Waals surface area (Å²) in [6, 6.07) is 18.0. The van der Waals surface area contributed by atoms with Gasteiger partial charge in [-0.3, -0.25) is 19.0 Å². The topological polar surface area (TPSA) is 86.0 Å². The Morgan fingerprint density at radius 3 is 2.47 bits per heavy atom. The monoisotopic (exact) mass is 428 g/mol. The molecule has 1 amide bonds. The minimum Gasteiger partial charge on any atom is -0.326 e. The summed E-state index contributed by atoms with van der Waals surface area (Å²) in [5, 5.41) is 8.38. The predicted molar refractivity (Wildman–Crippen MR) is 124 cm³/mol. The van der Waals surface area contributed by atoms with Crippen molar-refractivity contribution in [3.63, 3.8) is 0 Å². The molecule has 4 rings (SSSR count). The van der Waals surface area contributed by atoms with Crippen LogP contribution >= 0.6 is 0 Å². The average molecular weight is 428 g/mol. The standard InChI is InChI=1S/C25H24N4O3/c1-16-14-23(32)28(13-12-22(31)26-20-9-7-8-19(15-20)18(3)30)25-24(16)17(2)27-29(25)21-10-5-4-6-11-21/h4-11,14-15H,12-13H2,1-3H3,(H,26,31). The Balaban J connectivity index is 1.66. The van der Waals surface area contributed by atoms with Gasteiger partial charge in [-0.15, -0.1) is 0 Å². The molecule has 162 valence electrons. The molecule has 7 heteroatoms. The number of amides is 1. The molecule has 0 bridgehead atoms. The van der Waals surface area contributed by atoms with Gasteiger partial charge >= 0.3 is 0 Å². The smallest absolute Gasteiger partial charge is 0.252 e. The molecule has 0 aliphatic carbocycles. The summed E-state index contributed by atoms with van der Waals surface area (Å²) in [5.41, 5.74) is 4.08. The van der Waals surface area contributed by atoms with Crippen molar-refractivity contribution in [1.29, 1.82) is 0 Å². The molecular weight excluding hydrogens is 404 g/mol. The number of hydrogen-bond donors (Lipinski definition) is 1. The molecular formula is C25H24N4O3. The van der Waals surface area contributed by atoms with Crippen LogP contribution in [0.5, 0.6) is 0 Å². The van der Waals surface area contributed by atoms with E-state index in [2.05, 4.69) is 10.4 Å². The maximum Gasteiger partial charge on any atom is 0.252 e. The number of rotatable bonds is 6. The number of Topliss-reactive ketones (excluding diaryl/α,β-unsaturated/α-hetero) is 1. The van der Waals surface area contributed by atoms with E-state index in [1.54, 1.807) is 39.6 Å². The number of aryl methyl sites for hydroxylation is 3. The molecule has 32 heavy (non-hydrogen) atoms. The molecule has 0 radical (unpaired) electrons. The molecule has 0 spiro atoms. The summed E-state index contributed by atoms with van der Waals surface area (Å²) in [4.78, 5) is 37.1. The van der Waals surface area contributed by atoms with E-state index < -0.39 is 0 Å². The zero-order valence-electron chi connectivity index (χ0n) is 18.3. The number of carbonyl (C=O) groups excluding carboxylic acids is 2. The number of fused-ring (bicyclic) bond motifs is 1. The molecule has 0 fully saturated rings. The van der Waals surface area contributed by atoms with E-state index in [0.717, 1.165) is 22.3 Å². The van der Waals surface area contributed by atoms with Crippen LogP contribution in [0, 0.1) is 13.8 Å². The van der Waals surface area contributed by atoms with Gasteiger partial charge in [-0.1, -0.05) is 30.3 Å². The van der Waals surface area contributed by atoms with Crippen molar-refractivity contribution < 1.29 is 9.59 Å². The van der Waals surface area contributed by atoms with E-state index in [-0.39, 0.29) is 30.2 Å². The SMILES string of the molecule is CC(=O)c1cccc(NC(=O)CCn2c(=O)cc(C)c3c(C)nn(-c4ccccc4)c32)c1. The first kappa shape index (κ1) is 21.2. The molecule has 1 N–H and O–H groups in total. The lowest BCUT2D eigenvalue weighted by Crippen LogP contribution is -2.25. The lowest BCUT2D eigenvalue weighted by molar-refractivity contribution is -0.116. The number of nitrogens with one attached hydrogen (secondary N) is 1. The first-order valence-electron chi connectivity index (χ1n) is 10.4. The lowest BCUT2D eigenvalue weighted by atomic mass is 10.1.